The molecule has 0 bridgehead atoms. The smallest absolute Gasteiger partial charge is 0.250 e. The van der Waals surface area contributed by atoms with Crippen LogP contribution >= 0.6 is 0 Å². The maximum absolute atomic E-state index is 9.19. The Balaban J connectivity index is 2.96. The molecule has 16 heavy (non-hydrogen) atoms. The molecule has 1 aromatic rings. The Bertz CT molecular complexity index is 358. The van der Waals surface area contributed by atoms with Crippen LogP contribution < -0.4 is 4.43 Å². The van der Waals surface area contributed by atoms with Gasteiger partial charge in [-0.15, -0.1) is 0 Å². The predicted molar refractivity (Wildman–Crippen MR) is 68.0 cm³/mol. The van der Waals surface area contributed by atoms with E-state index in [4.69, 9.17) is 4.43 Å². The second-order valence-corrected chi connectivity index (χ2v) is 10.2. The Morgan fingerprint density at radius 2 is 2.00 bits per heavy atom. The van der Waals surface area contributed by atoms with Crippen LogP contribution in [0.4, 0.5) is 0 Å². The molecule has 1 N–H and O–H groups in total. The number of aliphatic hydroxyl groups is 1. The Hall–Kier alpha value is -0.873. The van der Waals surface area contributed by atoms with E-state index in [0.29, 0.717) is 5.69 Å². The van der Waals surface area contributed by atoms with Gasteiger partial charge in [-0.05, 0) is 30.3 Å². The molecule has 0 unspecified atom stereocenters. The number of pyridine rings is 1. The number of nitrogens with zero attached hydrogens (tertiary/aromatic N) is 1. The molecule has 0 fully saturated rings. The van der Waals surface area contributed by atoms with E-state index in [-0.39, 0.29) is 11.6 Å². The Labute approximate surface area is 98.6 Å². The van der Waals surface area contributed by atoms with E-state index in [1.807, 2.05) is 12.1 Å². The van der Waals surface area contributed by atoms with Crippen LogP contribution in [0.2, 0.25) is 18.1 Å². The van der Waals surface area contributed by atoms with E-state index in [1.54, 1.807) is 6.20 Å². The van der Waals surface area contributed by atoms with Crippen LogP contribution in [0.15, 0.2) is 18.3 Å². The fourth-order valence-corrected chi connectivity index (χ4v) is 2.10. The predicted octanol–water partition coefficient (Wildman–Crippen LogP) is 2.96. The second kappa shape index (κ2) is 4.55. The topological polar surface area (TPSA) is 42.4 Å². The van der Waals surface area contributed by atoms with Gasteiger partial charge in [-0.2, -0.15) is 0 Å². The SMILES string of the molecule is CC(C)(C)[Si](C)(C)Oc1cccnc1CO. The average molecular weight is 239 g/mol. The maximum Gasteiger partial charge on any atom is 0.250 e. The van der Waals surface area contributed by atoms with Gasteiger partial charge < -0.3 is 9.53 Å². The number of hydrogen-bond acceptors (Lipinski definition) is 3. The molecule has 0 aromatic carbocycles. The second-order valence-electron chi connectivity index (χ2n) is 5.47. The van der Waals surface area contributed by atoms with E-state index in [9.17, 15) is 5.11 Å². The van der Waals surface area contributed by atoms with Gasteiger partial charge in [0, 0.05) is 6.20 Å². The molecule has 1 aromatic heterocycles. The molecule has 0 radical (unpaired) electrons. The summed E-state index contributed by atoms with van der Waals surface area (Å²) in [4.78, 5) is 4.11. The normalized spacial score (nSPS) is 12.6. The molecule has 0 aliphatic heterocycles. The fourth-order valence-electron chi connectivity index (χ4n) is 1.06. The lowest BCUT2D eigenvalue weighted by Crippen LogP contribution is -2.44. The van der Waals surface area contributed by atoms with Gasteiger partial charge in [0.2, 0.25) is 0 Å². The fraction of sp³-hybridized carbons (Fsp3) is 0.583. The van der Waals surface area contributed by atoms with Crippen molar-refractivity contribution < 1.29 is 9.53 Å². The van der Waals surface area contributed by atoms with Crippen LogP contribution in [-0.2, 0) is 6.61 Å². The van der Waals surface area contributed by atoms with Gasteiger partial charge in [-0.1, -0.05) is 20.8 Å². The van der Waals surface area contributed by atoms with E-state index in [2.05, 4.69) is 38.8 Å². The van der Waals surface area contributed by atoms with Crippen LogP contribution in [0.3, 0.4) is 0 Å². The molecule has 0 saturated heterocycles. The van der Waals surface area contributed by atoms with E-state index >= 15 is 0 Å². The highest BCUT2D eigenvalue weighted by molar-refractivity contribution is 6.74. The van der Waals surface area contributed by atoms with Crippen molar-refractivity contribution in [2.24, 2.45) is 0 Å². The molecular weight excluding hydrogens is 218 g/mol. The van der Waals surface area contributed by atoms with Crippen molar-refractivity contribution in [2.45, 2.75) is 45.5 Å². The lowest BCUT2D eigenvalue weighted by atomic mass is 10.2. The Morgan fingerprint density at radius 1 is 1.38 bits per heavy atom. The summed E-state index contributed by atoms with van der Waals surface area (Å²) in [7, 11) is -1.84. The first kappa shape index (κ1) is 13.2. The van der Waals surface area contributed by atoms with Crippen LogP contribution in [0.25, 0.3) is 0 Å². The average Bonchev–Trinajstić information content (AvgIpc) is 2.16. The van der Waals surface area contributed by atoms with Crippen molar-refractivity contribution in [2.75, 3.05) is 0 Å². The van der Waals surface area contributed by atoms with E-state index in [1.165, 1.54) is 0 Å². The van der Waals surface area contributed by atoms with Crippen molar-refractivity contribution in [1.29, 1.82) is 0 Å². The zero-order valence-corrected chi connectivity index (χ0v) is 11.7. The molecule has 0 aliphatic carbocycles. The minimum absolute atomic E-state index is 0.0786. The monoisotopic (exact) mass is 239 g/mol. The third-order valence-electron chi connectivity index (χ3n) is 3.17. The standard InChI is InChI=1S/C12H21NO2Si/c1-12(2,3)16(4,5)15-11-7-6-8-13-10(11)9-14/h6-8,14H,9H2,1-5H3. The van der Waals surface area contributed by atoms with Gasteiger partial charge in [0.25, 0.3) is 8.32 Å². The van der Waals surface area contributed by atoms with E-state index < -0.39 is 8.32 Å². The Morgan fingerprint density at radius 3 is 2.50 bits per heavy atom. The minimum atomic E-state index is -1.84. The Kier molecular flexibility index (Phi) is 3.75. The highest BCUT2D eigenvalue weighted by Crippen LogP contribution is 2.37. The highest BCUT2D eigenvalue weighted by Gasteiger charge is 2.39. The maximum atomic E-state index is 9.19. The van der Waals surface area contributed by atoms with Crippen LogP contribution in [-0.4, -0.2) is 18.4 Å². The molecule has 0 atom stereocenters. The third kappa shape index (κ3) is 2.83. The molecule has 90 valence electrons. The molecule has 3 nitrogen and oxygen atoms in total. The number of aromatic nitrogens is 1. The molecular formula is C12H21NO2Si. The van der Waals surface area contributed by atoms with Crippen LogP contribution in [0, 0.1) is 0 Å². The molecule has 0 saturated carbocycles. The highest BCUT2D eigenvalue weighted by atomic mass is 28.4. The molecule has 1 heterocycles. The van der Waals surface area contributed by atoms with Gasteiger partial charge in [0.15, 0.2) is 0 Å². The summed E-state index contributed by atoms with van der Waals surface area (Å²) in [5.74, 6) is 0.719. The first-order valence-electron chi connectivity index (χ1n) is 5.52. The first-order valence-corrected chi connectivity index (χ1v) is 8.42. The van der Waals surface area contributed by atoms with Crippen molar-refractivity contribution in [1.82, 2.24) is 4.98 Å². The van der Waals surface area contributed by atoms with Crippen LogP contribution in [0.1, 0.15) is 26.5 Å². The zero-order valence-electron chi connectivity index (χ0n) is 10.7. The largest absolute Gasteiger partial charge is 0.542 e. The third-order valence-corrected chi connectivity index (χ3v) is 7.51. The summed E-state index contributed by atoms with van der Waals surface area (Å²) >= 11 is 0. The van der Waals surface area contributed by atoms with Crippen molar-refractivity contribution >= 4 is 8.32 Å². The van der Waals surface area contributed by atoms with Crippen LogP contribution in [0.5, 0.6) is 5.75 Å². The van der Waals surface area contributed by atoms with Gasteiger partial charge in [-0.3, -0.25) is 4.98 Å². The summed E-state index contributed by atoms with van der Waals surface area (Å²) < 4.78 is 6.10. The van der Waals surface area contributed by atoms with Crippen molar-refractivity contribution in [3.8, 4) is 5.75 Å². The molecule has 0 spiro atoms. The number of aliphatic hydroxyl groups excluding tert-OH is 1. The van der Waals surface area contributed by atoms with Crippen molar-refractivity contribution in [3.05, 3.63) is 24.0 Å². The molecule has 4 heteroatoms. The first-order chi connectivity index (χ1) is 7.28. The quantitative estimate of drug-likeness (QED) is 0.825. The summed E-state index contributed by atoms with van der Waals surface area (Å²) in [5, 5.41) is 9.34. The lowest BCUT2D eigenvalue weighted by molar-refractivity contribution is 0.272. The summed E-state index contributed by atoms with van der Waals surface area (Å²) in [6, 6.07) is 3.71. The summed E-state index contributed by atoms with van der Waals surface area (Å²) in [6.07, 6.45) is 1.67. The van der Waals surface area contributed by atoms with Gasteiger partial charge >= 0.3 is 0 Å². The minimum Gasteiger partial charge on any atom is -0.542 e. The molecule has 0 amide bonds. The summed E-state index contributed by atoms with van der Waals surface area (Å²) in [5.41, 5.74) is 0.618. The number of hydrogen-bond donors (Lipinski definition) is 1. The zero-order chi connectivity index (χ0) is 12.4. The number of rotatable bonds is 3. The van der Waals surface area contributed by atoms with Gasteiger partial charge in [0.05, 0.1) is 6.61 Å². The molecule has 0 aliphatic rings. The lowest BCUT2D eigenvalue weighted by Gasteiger charge is -2.36. The molecule has 1 rings (SSSR count). The van der Waals surface area contributed by atoms with Crippen molar-refractivity contribution in [3.63, 3.8) is 0 Å². The van der Waals surface area contributed by atoms with E-state index in [0.717, 1.165) is 5.75 Å². The van der Waals surface area contributed by atoms with Gasteiger partial charge in [0.1, 0.15) is 11.4 Å². The summed E-state index contributed by atoms with van der Waals surface area (Å²) in [6.45, 7) is 10.9. The van der Waals surface area contributed by atoms with Gasteiger partial charge in [-0.25, -0.2) is 0 Å².